The van der Waals surface area contributed by atoms with Crippen molar-refractivity contribution in [3.63, 3.8) is 0 Å². The fourth-order valence-electron chi connectivity index (χ4n) is 2.76. The first-order chi connectivity index (χ1) is 6.74. The molecule has 1 spiro atoms. The second kappa shape index (κ2) is 4.17. The summed E-state index contributed by atoms with van der Waals surface area (Å²) in [7, 11) is 2.22. The van der Waals surface area contributed by atoms with E-state index in [1.165, 1.54) is 38.8 Å². The van der Waals surface area contributed by atoms with Crippen molar-refractivity contribution in [3.05, 3.63) is 0 Å². The summed E-state index contributed by atoms with van der Waals surface area (Å²) in [5, 5.41) is 0. The monoisotopic (exact) mass is 198 g/mol. The standard InChI is InChI=1S/C11H22N2O/c1-13-5-2-11(3-6-13)8-10(9-11)14-7-4-12/h10H,2-9,12H2,1H3. The minimum Gasteiger partial charge on any atom is -0.377 e. The van der Waals surface area contributed by atoms with Crippen LogP contribution in [-0.4, -0.2) is 44.3 Å². The average Bonchev–Trinajstić information content (AvgIpc) is 2.14. The summed E-state index contributed by atoms with van der Waals surface area (Å²) in [6.45, 7) is 3.93. The van der Waals surface area contributed by atoms with Gasteiger partial charge in [-0.25, -0.2) is 0 Å². The number of nitrogens with two attached hydrogens (primary N) is 1. The Balaban J connectivity index is 1.70. The molecular weight excluding hydrogens is 176 g/mol. The lowest BCUT2D eigenvalue weighted by Crippen LogP contribution is -2.49. The van der Waals surface area contributed by atoms with Gasteiger partial charge in [0.05, 0.1) is 12.7 Å². The van der Waals surface area contributed by atoms with E-state index in [-0.39, 0.29) is 0 Å². The summed E-state index contributed by atoms with van der Waals surface area (Å²) in [6, 6.07) is 0. The second-order valence-corrected chi connectivity index (χ2v) is 4.99. The van der Waals surface area contributed by atoms with E-state index >= 15 is 0 Å². The van der Waals surface area contributed by atoms with E-state index in [0.717, 1.165) is 6.61 Å². The summed E-state index contributed by atoms with van der Waals surface area (Å²) in [5.41, 5.74) is 6.06. The van der Waals surface area contributed by atoms with Crippen LogP contribution in [0.3, 0.4) is 0 Å². The molecule has 0 aromatic heterocycles. The van der Waals surface area contributed by atoms with Gasteiger partial charge in [0, 0.05) is 6.54 Å². The lowest BCUT2D eigenvalue weighted by Gasteiger charge is -2.51. The molecule has 1 aliphatic heterocycles. The molecule has 0 atom stereocenters. The fraction of sp³-hybridized carbons (Fsp3) is 1.00. The molecule has 0 amide bonds. The molecule has 0 radical (unpaired) electrons. The molecule has 2 N–H and O–H groups in total. The van der Waals surface area contributed by atoms with Crippen LogP contribution in [0, 0.1) is 5.41 Å². The maximum absolute atomic E-state index is 5.64. The molecule has 14 heavy (non-hydrogen) atoms. The van der Waals surface area contributed by atoms with Gasteiger partial charge in [-0.05, 0) is 51.2 Å². The first-order valence-corrected chi connectivity index (χ1v) is 5.74. The average molecular weight is 198 g/mol. The number of hydrogen-bond donors (Lipinski definition) is 1. The van der Waals surface area contributed by atoms with Crippen molar-refractivity contribution in [2.24, 2.45) is 11.1 Å². The summed E-state index contributed by atoms with van der Waals surface area (Å²) >= 11 is 0. The summed E-state index contributed by atoms with van der Waals surface area (Å²) in [4.78, 5) is 2.43. The van der Waals surface area contributed by atoms with Gasteiger partial charge in [0.25, 0.3) is 0 Å². The number of hydrogen-bond acceptors (Lipinski definition) is 3. The first kappa shape index (κ1) is 10.4. The van der Waals surface area contributed by atoms with E-state index in [2.05, 4.69) is 11.9 Å². The van der Waals surface area contributed by atoms with Gasteiger partial charge in [0.1, 0.15) is 0 Å². The second-order valence-electron chi connectivity index (χ2n) is 4.99. The van der Waals surface area contributed by atoms with E-state index < -0.39 is 0 Å². The van der Waals surface area contributed by atoms with Crippen LogP contribution in [0.25, 0.3) is 0 Å². The van der Waals surface area contributed by atoms with Crippen LogP contribution in [-0.2, 0) is 4.74 Å². The highest BCUT2D eigenvalue weighted by Gasteiger charge is 2.45. The Hall–Kier alpha value is -0.120. The quantitative estimate of drug-likeness (QED) is 0.730. The highest BCUT2D eigenvalue weighted by molar-refractivity contribution is 4.97. The van der Waals surface area contributed by atoms with Gasteiger partial charge >= 0.3 is 0 Å². The minimum absolute atomic E-state index is 0.516. The third-order valence-corrected chi connectivity index (χ3v) is 3.84. The Morgan fingerprint density at radius 3 is 2.57 bits per heavy atom. The zero-order valence-corrected chi connectivity index (χ0v) is 9.17. The lowest BCUT2D eigenvalue weighted by molar-refractivity contribution is -0.100. The van der Waals surface area contributed by atoms with Gasteiger partial charge in [-0.3, -0.25) is 0 Å². The predicted octanol–water partition coefficient (Wildman–Crippen LogP) is 0.836. The third-order valence-electron chi connectivity index (χ3n) is 3.84. The SMILES string of the molecule is CN1CCC2(CC1)CC(OCCN)C2. The molecule has 2 rings (SSSR count). The molecule has 2 aliphatic rings. The Kier molecular flexibility index (Phi) is 3.10. The molecule has 1 saturated carbocycles. The van der Waals surface area contributed by atoms with Crippen LogP contribution >= 0.6 is 0 Å². The first-order valence-electron chi connectivity index (χ1n) is 5.74. The maximum Gasteiger partial charge on any atom is 0.0592 e. The zero-order chi connectivity index (χ0) is 10.0. The smallest absolute Gasteiger partial charge is 0.0592 e. The predicted molar refractivity (Wildman–Crippen MR) is 57.2 cm³/mol. The van der Waals surface area contributed by atoms with Gasteiger partial charge < -0.3 is 15.4 Å². The molecule has 0 aromatic rings. The molecule has 3 nitrogen and oxygen atoms in total. The minimum atomic E-state index is 0.516. The molecule has 0 aromatic carbocycles. The van der Waals surface area contributed by atoms with Crippen LogP contribution < -0.4 is 5.73 Å². The molecule has 1 saturated heterocycles. The van der Waals surface area contributed by atoms with Crippen molar-refractivity contribution >= 4 is 0 Å². The molecule has 3 heteroatoms. The van der Waals surface area contributed by atoms with E-state index in [1.807, 2.05) is 0 Å². The van der Waals surface area contributed by atoms with E-state index in [1.54, 1.807) is 0 Å². The Morgan fingerprint density at radius 2 is 2.00 bits per heavy atom. The Labute approximate surface area is 86.6 Å². The van der Waals surface area contributed by atoms with Crippen molar-refractivity contribution < 1.29 is 4.74 Å². The van der Waals surface area contributed by atoms with Gasteiger partial charge in [0.15, 0.2) is 0 Å². The van der Waals surface area contributed by atoms with Crippen molar-refractivity contribution in [1.82, 2.24) is 4.90 Å². The fourth-order valence-corrected chi connectivity index (χ4v) is 2.76. The van der Waals surface area contributed by atoms with E-state index in [0.29, 0.717) is 18.1 Å². The van der Waals surface area contributed by atoms with Crippen LogP contribution in [0.1, 0.15) is 25.7 Å². The number of ether oxygens (including phenoxy) is 1. The van der Waals surface area contributed by atoms with Crippen LogP contribution in [0.5, 0.6) is 0 Å². The molecular formula is C11H22N2O. The Morgan fingerprint density at radius 1 is 1.36 bits per heavy atom. The van der Waals surface area contributed by atoms with Crippen molar-refractivity contribution in [3.8, 4) is 0 Å². The van der Waals surface area contributed by atoms with Crippen LogP contribution in [0.4, 0.5) is 0 Å². The zero-order valence-electron chi connectivity index (χ0n) is 9.17. The largest absolute Gasteiger partial charge is 0.377 e. The van der Waals surface area contributed by atoms with Crippen LogP contribution in [0.15, 0.2) is 0 Å². The highest BCUT2D eigenvalue weighted by atomic mass is 16.5. The topological polar surface area (TPSA) is 38.5 Å². The summed E-state index contributed by atoms with van der Waals surface area (Å²) < 4.78 is 5.64. The number of piperidine rings is 1. The summed E-state index contributed by atoms with van der Waals surface area (Å²) in [5.74, 6) is 0. The van der Waals surface area contributed by atoms with Gasteiger partial charge in [0.2, 0.25) is 0 Å². The van der Waals surface area contributed by atoms with Gasteiger partial charge in [-0.2, -0.15) is 0 Å². The molecule has 82 valence electrons. The number of likely N-dealkylation sites (tertiary alicyclic amines) is 1. The third kappa shape index (κ3) is 2.10. The van der Waals surface area contributed by atoms with E-state index in [9.17, 15) is 0 Å². The number of rotatable bonds is 3. The maximum atomic E-state index is 5.64. The Bertz CT molecular complexity index is 180. The molecule has 0 bridgehead atoms. The van der Waals surface area contributed by atoms with Crippen molar-refractivity contribution in [2.45, 2.75) is 31.8 Å². The normalized spacial score (nSPS) is 27.9. The summed E-state index contributed by atoms with van der Waals surface area (Å²) in [6.07, 6.45) is 5.81. The molecule has 1 heterocycles. The van der Waals surface area contributed by atoms with E-state index in [4.69, 9.17) is 10.5 Å². The van der Waals surface area contributed by atoms with Crippen molar-refractivity contribution in [1.29, 1.82) is 0 Å². The molecule has 2 fully saturated rings. The highest BCUT2D eigenvalue weighted by Crippen LogP contribution is 2.49. The molecule has 0 unspecified atom stereocenters. The van der Waals surface area contributed by atoms with Crippen molar-refractivity contribution in [2.75, 3.05) is 33.3 Å². The van der Waals surface area contributed by atoms with Gasteiger partial charge in [-0.1, -0.05) is 0 Å². The van der Waals surface area contributed by atoms with Crippen LogP contribution in [0.2, 0.25) is 0 Å². The molecule has 1 aliphatic carbocycles. The number of nitrogens with zero attached hydrogens (tertiary/aromatic N) is 1. The van der Waals surface area contributed by atoms with Gasteiger partial charge in [-0.15, -0.1) is 0 Å². The lowest BCUT2D eigenvalue weighted by atomic mass is 9.61.